The number of carboxylic acids is 1. The van der Waals surface area contributed by atoms with Crippen LogP contribution in [0.4, 0.5) is 4.39 Å². The molecular weight excluding hydrogens is 257 g/mol. The zero-order valence-electron chi connectivity index (χ0n) is 9.90. The minimum atomic E-state index is -0.733. The molecule has 0 aromatic heterocycles. The summed E-state index contributed by atoms with van der Waals surface area (Å²) in [6.07, 6.45) is 1.25. The first kappa shape index (κ1) is 13.3. The van der Waals surface area contributed by atoms with Crippen molar-refractivity contribution >= 4 is 17.6 Å². The van der Waals surface area contributed by atoms with Gasteiger partial charge in [-0.25, -0.2) is 4.39 Å². The first-order chi connectivity index (χ1) is 8.58. The second-order valence-electron chi connectivity index (χ2n) is 4.60. The van der Waals surface area contributed by atoms with E-state index in [9.17, 15) is 9.18 Å². The Labute approximate surface area is 110 Å². The van der Waals surface area contributed by atoms with E-state index in [0.29, 0.717) is 38.0 Å². The quantitative estimate of drug-likeness (QED) is 0.919. The van der Waals surface area contributed by atoms with Crippen LogP contribution in [0.2, 0.25) is 5.02 Å². The van der Waals surface area contributed by atoms with Gasteiger partial charge < -0.3 is 5.11 Å². The molecule has 0 amide bonds. The molecule has 1 fully saturated rings. The Balaban J connectivity index is 1.96. The van der Waals surface area contributed by atoms with Crippen molar-refractivity contribution in [1.29, 1.82) is 0 Å². The lowest BCUT2D eigenvalue weighted by Gasteiger charge is -2.30. The van der Waals surface area contributed by atoms with E-state index < -0.39 is 5.97 Å². The Morgan fingerprint density at radius 1 is 1.44 bits per heavy atom. The summed E-state index contributed by atoms with van der Waals surface area (Å²) in [6.45, 7) is 1.85. The van der Waals surface area contributed by atoms with Crippen molar-refractivity contribution in [2.45, 2.75) is 19.4 Å². The fourth-order valence-corrected chi connectivity index (χ4v) is 2.44. The van der Waals surface area contributed by atoms with Gasteiger partial charge in [0.25, 0.3) is 0 Å². The maximum atomic E-state index is 13.7. The number of hydrogen-bond acceptors (Lipinski definition) is 2. The Hall–Kier alpha value is -1.13. The molecule has 0 spiro atoms. The van der Waals surface area contributed by atoms with E-state index in [1.807, 2.05) is 0 Å². The van der Waals surface area contributed by atoms with E-state index in [2.05, 4.69) is 4.90 Å². The lowest BCUT2D eigenvalue weighted by atomic mass is 9.97. The third kappa shape index (κ3) is 3.00. The summed E-state index contributed by atoms with van der Waals surface area (Å²) in [6, 6.07) is 4.96. The van der Waals surface area contributed by atoms with Gasteiger partial charge in [0.2, 0.25) is 0 Å². The lowest BCUT2D eigenvalue weighted by molar-refractivity contribution is -0.143. The van der Waals surface area contributed by atoms with Gasteiger partial charge in [-0.3, -0.25) is 9.69 Å². The summed E-state index contributed by atoms with van der Waals surface area (Å²) >= 11 is 5.73. The normalized spacial score (nSPS) is 17.9. The summed E-state index contributed by atoms with van der Waals surface area (Å²) in [7, 11) is 0. The zero-order chi connectivity index (χ0) is 13.1. The van der Waals surface area contributed by atoms with E-state index >= 15 is 0 Å². The Morgan fingerprint density at radius 2 is 2.11 bits per heavy atom. The van der Waals surface area contributed by atoms with Crippen molar-refractivity contribution in [1.82, 2.24) is 4.90 Å². The molecule has 3 nitrogen and oxygen atoms in total. The van der Waals surface area contributed by atoms with Crippen molar-refractivity contribution in [3.8, 4) is 0 Å². The smallest absolute Gasteiger partial charge is 0.306 e. The molecule has 1 N–H and O–H groups in total. The standard InChI is InChI=1S/C13H15ClFNO2/c14-11-3-1-2-10(12(11)15)8-16-6-4-9(5-7-16)13(17)18/h1-3,9H,4-8H2,(H,17,18). The number of rotatable bonds is 3. The van der Waals surface area contributed by atoms with Crippen molar-refractivity contribution in [3.05, 3.63) is 34.6 Å². The summed E-state index contributed by atoms with van der Waals surface area (Å²) in [5.74, 6) is -1.37. The Kier molecular flexibility index (Phi) is 4.19. The number of carboxylic acid groups (broad SMARTS) is 1. The third-order valence-corrected chi connectivity index (χ3v) is 3.65. The second kappa shape index (κ2) is 5.67. The average molecular weight is 272 g/mol. The minimum Gasteiger partial charge on any atom is -0.481 e. The van der Waals surface area contributed by atoms with Crippen molar-refractivity contribution in [2.75, 3.05) is 13.1 Å². The molecule has 1 aromatic carbocycles. The number of carbonyl (C=O) groups is 1. The average Bonchev–Trinajstić information content (AvgIpc) is 2.36. The minimum absolute atomic E-state index is 0.132. The first-order valence-electron chi connectivity index (χ1n) is 5.96. The van der Waals surface area contributed by atoms with Crippen LogP contribution in [-0.4, -0.2) is 29.1 Å². The van der Waals surface area contributed by atoms with E-state index in [-0.39, 0.29) is 16.8 Å². The van der Waals surface area contributed by atoms with E-state index in [1.54, 1.807) is 12.1 Å². The van der Waals surface area contributed by atoms with Gasteiger partial charge in [0.15, 0.2) is 0 Å². The molecule has 1 aliphatic rings. The topological polar surface area (TPSA) is 40.5 Å². The highest BCUT2D eigenvalue weighted by Gasteiger charge is 2.24. The zero-order valence-corrected chi connectivity index (χ0v) is 10.7. The van der Waals surface area contributed by atoms with Gasteiger partial charge in [0.1, 0.15) is 5.82 Å². The lowest BCUT2D eigenvalue weighted by Crippen LogP contribution is -2.36. The maximum Gasteiger partial charge on any atom is 0.306 e. The van der Waals surface area contributed by atoms with E-state index in [0.717, 1.165) is 0 Å². The number of halogens is 2. The molecule has 0 radical (unpaired) electrons. The van der Waals surface area contributed by atoms with Crippen LogP contribution in [-0.2, 0) is 11.3 Å². The first-order valence-corrected chi connectivity index (χ1v) is 6.34. The number of aliphatic carboxylic acids is 1. The SMILES string of the molecule is O=C(O)C1CCN(Cc2cccc(Cl)c2F)CC1. The van der Waals surface area contributed by atoms with Crippen molar-refractivity contribution in [2.24, 2.45) is 5.92 Å². The number of piperidine rings is 1. The van der Waals surface area contributed by atoms with Gasteiger partial charge in [-0.15, -0.1) is 0 Å². The Morgan fingerprint density at radius 3 is 2.72 bits per heavy atom. The second-order valence-corrected chi connectivity index (χ2v) is 5.01. The van der Waals surface area contributed by atoms with Crippen LogP contribution in [0.15, 0.2) is 18.2 Å². The van der Waals surface area contributed by atoms with Crippen LogP contribution in [0.3, 0.4) is 0 Å². The molecular formula is C13H15ClFNO2. The summed E-state index contributed by atoms with van der Waals surface area (Å²) in [4.78, 5) is 12.9. The third-order valence-electron chi connectivity index (χ3n) is 3.36. The van der Waals surface area contributed by atoms with Gasteiger partial charge >= 0.3 is 5.97 Å². The van der Waals surface area contributed by atoms with Gasteiger partial charge in [0.05, 0.1) is 10.9 Å². The van der Waals surface area contributed by atoms with Crippen LogP contribution >= 0.6 is 11.6 Å². The summed E-state index contributed by atoms with van der Waals surface area (Å²) in [5.41, 5.74) is 0.566. The van der Waals surface area contributed by atoms with E-state index in [4.69, 9.17) is 16.7 Å². The number of nitrogens with zero attached hydrogens (tertiary/aromatic N) is 1. The molecule has 0 unspecified atom stereocenters. The molecule has 0 saturated carbocycles. The number of likely N-dealkylation sites (tertiary alicyclic amines) is 1. The molecule has 0 bridgehead atoms. The van der Waals surface area contributed by atoms with Gasteiger partial charge in [-0.1, -0.05) is 23.7 Å². The summed E-state index contributed by atoms with van der Waals surface area (Å²) in [5, 5.41) is 9.03. The molecule has 18 heavy (non-hydrogen) atoms. The number of benzene rings is 1. The monoisotopic (exact) mass is 271 g/mol. The van der Waals surface area contributed by atoms with Gasteiger partial charge in [-0.05, 0) is 32.0 Å². The maximum absolute atomic E-state index is 13.7. The molecule has 5 heteroatoms. The number of hydrogen-bond donors (Lipinski definition) is 1. The molecule has 2 rings (SSSR count). The molecule has 1 heterocycles. The summed E-state index contributed by atoms with van der Waals surface area (Å²) < 4.78 is 13.7. The van der Waals surface area contributed by atoms with Gasteiger partial charge in [-0.2, -0.15) is 0 Å². The van der Waals surface area contributed by atoms with Crippen molar-refractivity contribution < 1.29 is 14.3 Å². The van der Waals surface area contributed by atoms with Crippen LogP contribution in [0.25, 0.3) is 0 Å². The van der Waals surface area contributed by atoms with Crippen LogP contribution < -0.4 is 0 Å². The molecule has 1 saturated heterocycles. The van der Waals surface area contributed by atoms with Crippen LogP contribution in [0.5, 0.6) is 0 Å². The highest BCUT2D eigenvalue weighted by atomic mass is 35.5. The fourth-order valence-electron chi connectivity index (χ4n) is 2.25. The molecule has 0 atom stereocenters. The molecule has 1 aliphatic heterocycles. The van der Waals surface area contributed by atoms with E-state index in [1.165, 1.54) is 6.07 Å². The highest BCUT2D eigenvalue weighted by molar-refractivity contribution is 6.30. The molecule has 98 valence electrons. The molecule has 0 aliphatic carbocycles. The van der Waals surface area contributed by atoms with Crippen LogP contribution in [0.1, 0.15) is 18.4 Å². The van der Waals surface area contributed by atoms with Crippen molar-refractivity contribution in [3.63, 3.8) is 0 Å². The fraction of sp³-hybridized carbons (Fsp3) is 0.462. The Bertz CT molecular complexity index is 445. The predicted molar refractivity (Wildman–Crippen MR) is 67.0 cm³/mol. The predicted octanol–water partition coefficient (Wildman–Crippen LogP) is 2.78. The largest absolute Gasteiger partial charge is 0.481 e. The highest BCUT2D eigenvalue weighted by Crippen LogP contribution is 2.22. The van der Waals surface area contributed by atoms with Crippen LogP contribution in [0, 0.1) is 11.7 Å². The molecule has 1 aromatic rings. The van der Waals surface area contributed by atoms with Gasteiger partial charge in [0, 0.05) is 12.1 Å².